The van der Waals surface area contributed by atoms with Crippen LogP contribution in [0.25, 0.3) is 5.57 Å². The number of aliphatic hydroxyl groups excluding tert-OH is 1. The number of hydrogen-bond donors (Lipinski definition) is 4. The van der Waals surface area contributed by atoms with Crippen molar-refractivity contribution in [2.24, 2.45) is 11.7 Å². The topological polar surface area (TPSA) is 158 Å². The smallest absolute Gasteiger partial charge is 0.407 e. The van der Waals surface area contributed by atoms with Gasteiger partial charge in [-0.25, -0.2) is 4.79 Å². The number of fused-ring (bicyclic) bond motifs is 1. The molecule has 1 aromatic carbocycles. The Morgan fingerprint density at radius 3 is 2.63 bits per heavy atom. The number of nitrogens with one attached hydrogen (secondary N) is 2. The molecule has 11 heteroatoms. The van der Waals surface area contributed by atoms with Crippen LogP contribution in [0.1, 0.15) is 36.8 Å². The standard InChI is InChI=1S/C30H41N3O8/c1-4-5-8-21-19(2)20-9-6-7-10-22(20)23(21)17-41-30(37)32-13-14-39-15-16-40-18-26(34)33-24-11-12-25(38-3)27(28(24)35)29(31)36/h4-10,23-25,27-28,35H,1,11-18H2,2-3H3,(H2,31,36)(H,32,37)(H,33,34)/b8-5-. The van der Waals surface area contributed by atoms with Crippen LogP contribution in [0.15, 0.2) is 54.6 Å². The van der Waals surface area contributed by atoms with Crippen LogP contribution in [0.5, 0.6) is 0 Å². The van der Waals surface area contributed by atoms with Crippen LogP contribution in [0, 0.1) is 5.92 Å². The van der Waals surface area contributed by atoms with E-state index < -0.39 is 42.1 Å². The summed E-state index contributed by atoms with van der Waals surface area (Å²) in [6, 6.07) is 7.48. The van der Waals surface area contributed by atoms with Crippen molar-refractivity contribution in [1.29, 1.82) is 0 Å². The van der Waals surface area contributed by atoms with Gasteiger partial charge < -0.3 is 40.4 Å². The minimum absolute atomic E-state index is 0.0491. The first-order chi connectivity index (χ1) is 19.8. The molecule has 1 saturated carbocycles. The predicted molar refractivity (Wildman–Crippen MR) is 153 cm³/mol. The summed E-state index contributed by atoms with van der Waals surface area (Å²) in [5.74, 6) is -2.03. The van der Waals surface area contributed by atoms with Crippen LogP contribution in [0.4, 0.5) is 4.79 Å². The third-order valence-corrected chi connectivity index (χ3v) is 7.38. The number of benzene rings is 1. The third-order valence-electron chi connectivity index (χ3n) is 7.38. The molecule has 0 heterocycles. The van der Waals surface area contributed by atoms with E-state index in [9.17, 15) is 19.5 Å². The molecule has 0 radical (unpaired) electrons. The van der Waals surface area contributed by atoms with Gasteiger partial charge in [0.15, 0.2) is 0 Å². The van der Waals surface area contributed by atoms with E-state index in [0.717, 1.165) is 22.3 Å². The van der Waals surface area contributed by atoms with Crippen molar-refractivity contribution < 1.29 is 38.4 Å². The molecule has 1 fully saturated rings. The number of aliphatic hydroxyl groups is 1. The number of allylic oxidation sites excluding steroid dienone is 4. The zero-order valence-corrected chi connectivity index (χ0v) is 23.7. The van der Waals surface area contributed by atoms with Crippen LogP contribution in [0.3, 0.4) is 0 Å². The maximum atomic E-state index is 12.2. The van der Waals surface area contributed by atoms with Crippen molar-refractivity contribution in [2.45, 2.75) is 43.9 Å². The molecular weight excluding hydrogens is 530 g/mol. The molecule has 5 unspecified atom stereocenters. The van der Waals surface area contributed by atoms with E-state index in [1.807, 2.05) is 24.3 Å². The summed E-state index contributed by atoms with van der Waals surface area (Å²) in [7, 11) is 1.46. The second kappa shape index (κ2) is 16.1. The van der Waals surface area contributed by atoms with Gasteiger partial charge in [0.05, 0.1) is 44.0 Å². The number of methoxy groups -OCH3 is 1. The fourth-order valence-corrected chi connectivity index (χ4v) is 5.33. The van der Waals surface area contributed by atoms with Crippen molar-refractivity contribution in [3.8, 4) is 0 Å². The van der Waals surface area contributed by atoms with Crippen molar-refractivity contribution in [3.63, 3.8) is 0 Å². The number of carbonyl (C=O) groups is 3. The SMILES string of the molecule is C=C/C=C\C1=C(C)c2ccccc2C1COC(=O)NCCOCCOCC(=O)NC1CCC(OC)C(C(N)=O)C1O. The van der Waals surface area contributed by atoms with E-state index in [0.29, 0.717) is 12.8 Å². The van der Waals surface area contributed by atoms with E-state index in [1.165, 1.54) is 7.11 Å². The maximum absolute atomic E-state index is 12.2. The van der Waals surface area contributed by atoms with Gasteiger partial charge in [0.2, 0.25) is 11.8 Å². The Balaban J connectivity index is 1.27. The molecule has 0 aliphatic heterocycles. The van der Waals surface area contributed by atoms with Crippen molar-refractivity contribution in [1.82, 2.24) is 10.6 Å². The Morgan fingerprint density at radius 1 is 1.15 bits per heavy atom. The van der Waals surface area contributed by atoms with Gasteiger partial charge in [-0.1, -0.05) is 49.1 Å². The first-order valence-electron chi connectivity index (χ1n) is 13.7. The molecule has 2 aliphatic rings. The molecule has 0 aromatic heterocycles. The highest BCUT2D eigenvalue weighted by atomic mass is 16.6. The van der Waals surface area contributed by atoms with E-state index in [2.05, 4.69) is 36.3 Å². The van der Waals surface area contributed by atoms with Crippen molar-refractivity contribution in [3.05, 3.63) is 65.8 Å². The lowest BCUT2D eigenvalue weighted by Gasteiger charge is -2.38. The number of alkyl carbamates (subject to hydrolysis) is 1. The Hall–Kier alpha value is -3.51. The van der Waals surface area contributed by atoms with Crippen LogP contribution in [0.2, 0.25) is 0 Å². The normalized spacial score (nSPS) is 23.7. The summed E-state index contributed by atoms with van der Waals surface area (Å²) in [5.41, 5.74) is 9.93. The molecule has 41 heavy (non-hydrogen) atoms. The zero-order chi connectivity index (χ0) is 29.8. The Labute approximate surface area is 240 Å². The second-order valence-electron chi connectivity index (χ2n) is 9.95. The van der Waals surface area contributed by atoms with Gasteiger partial charge >= 0.3 is 6.09 Å². The molecule has 3 rings (SSSR count). The zero-order valence-electron chi connectivity index (χ0n) is 23.7. The number of ether oxygens (including phenoxy) is 4. The monoisotopic (exact) mass is 571 g/mol. The van der Waals surface area contributed by atoms with Crippen molar-refractivity contribution in [2.75, 3.05) is 46.7 Å². The summed E-state index contributed by atoms with van der Waals surface area (Å²) in [5, 5.41) is 15.8. The molecule has 5 atom stereocenters. The number of rotatable bonds is 15. The Bertz CT molecular complexity index is 1130. The fraction of sp³-hybridized carbons (Fsp3) is 0.500. The van der Waals surface area contributed by atoms with Gasteiger partial charge in [-0.05, 0) is 42.0 Å². The van der Waals surface area contributed by atoms with E-state index >= 15 is 0 Å². The molecule has 2 aliphatic carbocycles. The first kappa shape index (κ1) is 32.0. The van der Waals surface area contributed by atoms with Gasteiger partial charge in [0, 0.05) is 19.6 Å². The summed E-state index contributed by atoms with van der Waals surface area (Å²) in [6.45, 7) is 6.66. The quantitative estimate of drug-likeness (QED) is 0.183. The molecule has 3 amide bonds. The summed E-state index contributed by atoms with van der Waals surface area (Å²) in [6.07, 6.45) is 4.39. The highest BCUT2D eigenvalue weighted by Crippen LogP contribution is 2.42. The van der Waals surface area contributed by atoms with Gasteiger partial charge in [0.1, 0.15) is 13.2 Å². The molecule has 224 valence electrons. The largest absolute Gasteiger partial charge is 0.449 e. The first-order valence-corrected chi connectivity index (χ1v) is 13.7. The van der Waals surface area contributed by atoms with E-state index in [-0.39, 0.29) is 45.5 Å². The molecule has 5 N–H and O–H groups in total. The third kappa shape index (κ3) is 8.74. The summed E-state index contributed by atoms with van der Waals surface area (Å²) >= 11 is 0. The molecule has 0 saturated heterocycles. The Kier molecular flexibility index (Phi) is 12.5. The molecule has 0 spiro atoms. The van der Waals surface area contributed by atoms with Gasteiger partial charge in [0.25, 0.3) is 0 Å². The lowest BCUT2D eigenvalue weighted by atomic mass is 9.80. The highest BCUT2D eigenvalue weighted by Gasteiger charge is 2.42. The van der Waals surface area contributed by atoms with Gasteiger partial charge in [-0.3, -0.25) is 9.59 Å². The fourth-order valence-electron chi connectivity index (χ4n) is 5.33. The van der Waals surface area contributed by atoms with Crippen LogP contribution >= 0.6 is 0 Å². The number of carbonyl (C=O) groups excluding carboxylic acids is 3. The lowest BCUT2D eigenvalue weighted by Crippen LogP contribution is -2.57. The lowest BCUT2D eigenvalue weighted by molar-refractivity contribution is -0.141. The van der Waals surface area contributed by atoms with Crippen LogP contribution in [-0.4, -0.2) is 88.0 Å². The minimum atomic E-state index is -1.14. The predicted octanol–water partition coefficient (Wildman–Crippen LogP) is 1.81. The van der Waals surface area contributed by atoms with Crippen molar-refractivity contribution >= 4 is 23.5 Å². The minimum Gasteiger partial charge on any atom is -0.449 e. The number of nitrogens with two attached hydrogens (primary N) is 1. The summed E-state index contributed by atoms with van der Waals surface area (Å²) in [4.78, 5) is 36.1. The number of amides is 3. The van der Waals surface area contributed by atoms with E-state index in [4.69, 9.17) is 24.7 Å². The van der Waals surface area contributed by atoms with Gasteiger partial charge in [-0.2, -0.15) is 0 Å². The Morgan fingerprint density at radius 2 is 1.90 bits per heavy atom. The second-order valence-corrected chi connectivity index (χ2v) is 9.95. The molecular formula is C30H41N3O8. The van der Waals surface area contributed by atoms with E-state index in [1.54, 1.807) is 6.08 Å². The van der Waals surface area contributed by atoms with Crippen LogP contribution in [-0.2, 0) is 28.5 Å². The molecule has 0 bridgehead atoms. The molecule has 11 nitrogen and oxygen atoms in total. The average molecular weight is 572 g/mol. The maximum Gasteiger partial charge on any atom is 0.407 e. The molecule has 1 aromatic rings. The average Bonchev–Trinajstić information content (AvgIpc) is 3.23. The van der Waals surface area contributed by atoms with Crippen LogP contribution < -0.4 is 16.4 Å². The highest BCUT2D eigenvalue weighted by molar-refractivity contribution is 5.80. The number of hydrogen-bond acceptors (Lipinski definition) is 8. The summed E-state index contributed by atoms with van der Waals surface area (Å²) < 4.78 is 21.5. The number of primary amides is 1. The van der Waals surface area contributed by atoms with Gasteiger partial charge in [-0.15, -0.1) is 0 Å².